The maximum absolute atomic E-state index is 9.60. The Morgan fingerprint density at radius 1 is 1.45 bits per heavy atom. The summed E-state index contributed by atoms with van der Waals surface area (Å²) in [6.07, 6.45) is -0.947. The van der Waals surface area contributed by atoms with E-state index in [0.717, 1.165) is 0 Å². The maximum atomic E-state index is 9.60. The van der Waals surface area contributed by atoms with Crippen LogP contribution in [0.4, 0.5) is 0 Å². The first-order chi connectivity index (χ1) is 5.00. The number of aliphatic hydroxyl groups is 2. The van der Waals surface area contributed by atoms with Crippen LogP contribution < -0.4 is 0 Å². The van der Waals surface area contributed by atoms with Crippen LogP contribution >= 0.6 is 0 Å². The second kappa shape index (κ2) is 2.73. The lowest BCUT2D eigenvalue weighted by molar-refractivity contribution is -0.0171. The average molecular weight is 160 g/mol. The quantitative estimate of drug-likeness (QED) is 0.574. The molecule has 1 aliphatic rings. The third-order valence-corrected chi connectivity index (χ3v) is 2.72. The predicted octanol–water partition coefficient (Wildman–Crippen LogP) is 0.153. The maximum Gasteiger partial charge on any atom is 0.107 e. The molecule has 1 aliphatic heterocycles. The van der Waals surface area contributed by atoms with Gasteiger partial charge in [-0.25, -0.2) is 0 Å². The minimum absolute atomic E-state index is 0.00894. The normalized spacial score (nSPS) is 42.8. The summed E-state index contributed by atoms with van der Waals surface area (Å²) in [6.45, 7) is 5.70. The summed E-state index contributed by atoms with van der Waals surface area (Å²) in [4.78, 5) is 0. The van der Waals surface area contributed by atoms with E-state index in [-0.39, 0.29) is 18.1 Å². The van der Waals surface area contributed by atoms with Crippen LogP contribution in [0.1, 0.15) is 20.8 Å². The first-order valence-corrected chi connectivity index (χ1v) is 3.94. The van der Waals surface area contributed by atoms with Crippen LogP contribution in [0.5, 0.6) is 0 Å². The van der Waals surface area contributed by atoms with E-state index in [0.29, 0.717) is 0 Å². The van der Waals surface area contributed by atoms with Gasteiger partial charge in [-0.15, -0.1) is 0 Å². The smallest absolute Gasteiger partial charge is 0.107 e. The zero-order valence-corrected chi connectivity index (χ0v) is 7.24. The van der Waals surface area contributed by atoms with E-state index in [1.807, 2.05) is 20.8 Å². The van der Waals surface area contributed by atoms with Crippen molar-refractivity contribution < 1.29 is 14.9 Å². The zero-order chi connectivity index (χ0) is 8.65. The van der Waals surface area contributed by atoms with Gasteiger partial charge in [-0.3, -0.25) is 0 Å². The highest BCUT2D eigenvalue weighted by atomic mass is 16.5. The number of aliphatic hydroxyl groups excluding tert-OH is 2. The lowest BCUT2D eigenvalue weighted by Gasteiger charge is -2.25. The molecular weight excluding hydrogens is 144 g/mol. The Morgan fingerprint density at radius 3 is 2.18 bits per heavy atom. The van der Waals surface area contributed by atoms with Gasteiger partial charge in [-0.05, 0) is 6.92 Å². The Hall–Kier alpha value is -0.120. The van der Waals surface area contributed by atoms with Gasteiger partial charge < -0.3 is 14.9 Å². The van der Waals surface area contributed by atoms with Crippen molar-refractivity contribution in [2.75, 3.05) is 6.61 Å². The molecule has 1 saturated heterocycles. The van der Waals surface area contributed by atoms with Crippen molar-refractivity contribution in [2.24, 2.45) is 5.41 Å². The van der Waals surface area contributed by atoms with Crippen LogP contribution in [-0.2, 0) is 4.74 Å². The van der Waals surface area contributed by atoms with E-state index in [1.54, 1.807) is 0 Å². The largest absolute Gasteiger partial charge is 0.394 e. The second-order valence-corrected chi connectivity index (χ2v) is 3.77. The fourth-order valence-corrected chi connectivity index (χ4v) is 1.37. The minimum atomic E-state index is -0.553. The van der Waals surface area contributed by atoms with Crippen LogP contribution in [-0.4, -0.2) is 35.1 Å². The molecule has 0 bridgehead atoms. The molecular formula is C8H16O3. The molecule has 0 aromatic carbocycles. The lowest BCUT2D eigenvalue weighted by atomic mass is 9.82. The SMILES string of the molecule is C[C@@H]1O[C@H](CO)[C@@H](O)C1(C)C. The predicted molar refractivity (Wildman–Crippen MR) is 41.2 cm³/mol. The summed E-state index contributed by atoms with van der Waals surface area (Å²) < 4.78 is 5.34. The van der Waals surface area contributed by atoms with Gasteiger partial charge in [0.25, 0.3) is 0 Å². The third-order valence-electron chi connectivity index (χ3n) is 2.72. The van der Waals surface area contributed by atoms with Gasteiger partial charge in [-0.1, -0.05) is 13.8 Å². The van der Waals surface area contributed by atoms with E-state index in [2.05, 4.69) is 0 Å². The van der Waals surface area contributed by atoms with Crippen LogP contribution in [0, 0.1) is 5.41 Å². The second-order valence-electron chi connectivity index (χ2n) is 3.77. The molecule has 0 amide bonds. The molecule has 0 aromatic heterocycles. The Balaban J connectivity index is 2.71. The van der Waals surface area contributed by atoms with E-state index >= 15 is 0 Å². The van der Waals surface area contributed by atoms with Crippen LogP contribution in [0.15, 0.2) is 0 Å². The Labute approximate surface area is 67.0 Å². The van der Waals surface area contributed by atoms with Crippen LogP contribution in [0.2, 0.25) is 0 Å². The summed E-state index contributed by atoms with van der Waals surface area (Å²) in [5, 5.41) is 18.4. The van der Waals surface area contributed by atoms with Gasteiger partial charge in [0.05, 0.1) is 18.8 Å². The average Bonchev–Trinajstić information content (AvgIpc) is 2.14. The molecule has 0 aromatic rings. The Bertz CT molecular complexity index is 144. The fraction of sp³-hybridized carbons (Fsp3) is 1.00. The van der Waals surface area contributed by atoms with Crippen molar-refractivity contribution in [1.82, 2.24) is 0 Å². The molecule has 0 aliphatic carbocycles. The minimum Gasteiger partial charge on any atom is -0.394 e. The molecule has 0 spiro atoms. The molecule has 3 atom stereocenters. The number of hydrogen-bond donors (Lipinski definition) is 2. The highest BCUT2D eigenvalue weighted by Gasteiger charge is 2.46. The molecule has 0 saturated carbocycles. The van der Waals surface area contributed by atoms with Crippen LogP contribution in [0.25, 0.3) is 0 Å². The Morgan fingerprint density at radius 2 is 2.00 bits per heavy atom. The van der Waals surface area contributed by atoms with E-state index in [4.69, 9.17) is 9.84 Å². The van der Waals surface area contributed by atoms with Gasteiger partial charge in [0.15, 0.2) is 0 Å². The van der Waals surface area contributed by atoms with Gasteiger partial charge in [-0.2, -0.15) is 0 Å². The van der Waals surface area contributed by atoms with E-state index in [1.165, 1.54) is 0 Å². The fourth-order valence-electron chi connectivity index (χ4n) is 1.37. The number of hydrogen-bond acceptors (Lipinski definition) is 3. The zero-order valence-electron chi connectivity index (χ0n) is 7.24. The van der Waals surface area contributed by atoms with Crippen molar-refractivity contribution in [1.29, 1.82) is 0 Å². The van der Waals surface area contributed by atoms with Gasteiger partial charge in [0, 0.05) is 5.41 Å². The molecule has 66 valence electrons. The monoisotopic (exact) mass is 160 g/mol. The molecule has 3 nitrogen and oxygen atoms in total. The number of ether oxygens (including phenoxy) is 1. The van der Waals surface area contributed by atoms with E-state index < -0.39 is 12.2 Å². The van der Waals surface area contributed by atoms with Gasteiger partial charge in [0.2, 0.25) is 0 Å². The molecule has 1 fully saturated rings. The molecule has 0 radical (unpaired) electrons. The molecule has 1 heterocycles. The first-order valence-electron chi connectivity index (χ1n) is 3.94. The summed E-state index contributed by atoms with van der Waals surface area (Å²) >= 11 is 0. The molecule has 3 heteroatoms. The lowest BCUT2D eigenvalue weighted by Crippen LogP contribution is -2.35. The highest BCUT2D eigenvalue weighted by molar-refractivity contribution is 4.94. The first kappa shape index (κ1) is 8.97. The van der Waals surface area contributed by atoms with Crippen molar-refractivity contribution >= 4 is 0 Å². The van der Waals surface area contributed by atoms with Gasteiger partial charge in [0.1, 0.15) is 6.10 Å². The van der Waals surface area contributed by atoms with Crippen molar-refractivity contribution in [3.63, 3.8) is 0 Å². The van der Waals surface area contributed by atoms with Gasteiger partial charge >= 0.3 is 0 Å². The molecule has 1 rings (SSSR count). The number of rotatable bonds is 1. The van der Waals surface area contributed by atoms with E-state index in [9.17, 15) is 5.11 Å². The third kappa shape index (κ3) is 1.28. The van der Waals surface area contributed by atoms with Crippen molar-refractivity contribution in [3.05, 3.63) is 0 Å². The van der Waals surface area contributed by atoms with Crippen molar-refractivity contribution in [2.45, 2.75) is 39.1 Å². The molecule has 0 unspecified atom stereocenters. The summed E-state index contributed by atoms with van der Waals surface area (Å²) in [5.41, 5.74) is -0.243. The Kier molecular flexibility index (Phi) is 2.23. The summed E-state index contributed by atoms with van der Waals surface area (Å²) in [6, 6.07) is 0. The summed E-state index contributed by atoms with van der Waals surface area (Å²) in [7, 11) is 0. The highest BCUT2D eigenvalue weighted by Crippen LogP contribution is 2.37. The van der Waals surface area contributed by atoms with Crippen LogP contribution in [0.3, 0.4) is 0 Å². The molecule has 2 N–H and O–H groups in total. The standard InChI is InChI=1S/C8H16O3/c1-5-8(2,3)7(10)6(4-9)11-5/h5-7,9-10H,4H2,1-3H3/t5-,6+,7+/m0/s1. The summed E-state index contributed by atoms with van der Waals surface area (Å²) in [5.74, 6) is 0. The topological polar surface area (TPSA) is 49.7 Å². The molecule has 11 heavy (non-hydrogen) atoms. The van der Waals surface area contributed by atoms with Crippen molar-refractivity contribution in [3.8, 4) is 0 Å².